The van der Waals surface area contributed by atoms with Crippen molar-refractivity contribution < 1.29 is 4.42 Å². The van der Waals surface area contributed by atoms with E-state index in [1.54, 1.807) is 0 Å². The smallest absolute Gasteiger partial charge is 0.135 e. The van der Waals surface area contributed by atoms with Gasteiger partial charge in [-0.25, -0.2) is 0 Å². The lowest BCUT2D eigenvalue weighted by Crippen LogP contribution is -2.10. The van der Waals surface area contributed by atoms with E-state index in [4.69, 9.17) is 4.42 Å². The average Bonchev–Trinajstić information content (AvgIpc) is 2.75. The fourth-order valence-electron chi connectivity index (χ4n) is 1.56. The molecule has 2 aromatic rings. The van der Waals surface area contributed by atoms with E-state index in [1.165, 1.54) is 0 Å². The molecule has 2 nitrogen and oxygen atoms in total. The van der Waals surface area contributed by atoms with Crippen molar-refractivity contribution in [2.75, 3.05) is 6.54 Å². The van der Waals surface area contributed by atoms with Gasteiger partial charge in [0.25, 0.3) is 0 Å². The molecule has 1 aromatic carbocycles. The normalized spacial score (nSPS) is 10.2. The molecule has 0 unspecified atom stereocenters. The monoisotopic (exact) mass is 393 g/mol. The zero-order valence-corrected chi connectivity index (χ0v) is 13.9. The molecule has 0 saturated carbocycles. The Hall–Kier alpha value is -0.290. The van der Waals surface area contributed by atoms with Gasteiger partial charge in [0.05, 0.1) is 6.54 Å². The first-order chi connectivity index (χ1) is 8.20. The Morgan fingerprint density at radius 1 is 1.17 bits per heavy atom. The van der Waals surface area contributed by atoms with Crippen molar-refractivity contribution in [2.24, 2.45) is 0 Å². The summed E-state index contributed by atoms with van der Waals surface area (Å²) in [6, 6.07) is 10.1. The molecule has 0 aliphatic rings. The number of rotatable bonds is 4. The van der Waals surface area contributed by atoms with E-state index < -0.39 is 0 Å². The van der Waals surface area contributed by atoms with Gasteiger partial charge in [-0.15, -0.1) is 12.4 Å². The van der Waals surface area contributed by atoms with Crippen LogP contribution in [0.2, 0.25) is 0 Å². The maximum Gasteiger partial charge on any atom is 0.135 e. The van der Waals surface area contributed by atoms with Crippen LogP contribution in [0.5, 0.6) is 0 Å². The van der Waals surface area contributed by atoms with Crippen LogP contribution in [-0.2, 0) is 6.54 Å². The van der Waals surface area contributed by atoms with E-state index in [0.717, 1.165) is 39.1 Å². The summed E-state index contributed by atoms with van der Waals surface area (Å²) < 4.78 is 7.86. The number of hydrogen-bond donors (Lipinski definition) is 1. The van der Waals surface area contributed by atoms with Crippen molar-refractivity contribution in [3.05, 3.63) is 45.0 Å². The highest BCUT2D eigenvalue weighted by atomic mass is 79.9. The van der Waals surface area contributed by atoms with E-state index in [-0.39, 0.29) is 12.4 Å². The van der Waals surface area contributed by atoms with Crippen LogP contribution in [0.3, 0.4) is 0 Å². The van der Waals surface area contributed by atoms with Crippen LogP contribution >= 0.6 is 44.3 Å². The van der Waals surface area contributed by atoms with Gasteiger partial charge in [-0.1, -0.05) is 22.9 Å². The molecule has 0 fully saturated rings. The zero-order valence-electron chi connectivity index (χ0n) is 9.87. The number of halogens is 3. The molecule has 5 heteroatoms. The molecule has 1 aromatic heterocycles. The zero-order chi connectivity index (χ0) is 12.3. The SMILES string of the molecule is CCNCc1ccc(-c2ccc(Br)cc2Br)o1.Cl. The van der Waals surface area contributed by atoms with Crippen molar-refractivity contribution in [3.8, 4) is 11.3 Å². The van der Waals surface area contributed by atoms with E-state index in [1.807, 2.05) is 30.3 Å². The van der Waals surface area contributed by atoms with Crippen LogP contribution in [0.1, 0.15) is 12.7 Å². The van der Waals surface area contributed by atoms with E-state index in [2.05, 4.69) is 44.1 Å². The van der Waals surface area contributed by atoms with Crippen LogP contribution in [0.4, 0.5) is 0 Å². The highest BCUT2D eigenvalue weighted by Crippen LogP contribution is 2.31. The standard InChI is InChI=1S/C13H13Br2NO.ClH/c1-2-16-8-10-4-6-13(17-10)11-5-3-9(14)7-12(11)15;/h3-7,16H,2,8H2,1H3;1H. The summed E-state index contributed by atoms with van der Waals surface area (Å²) in [7, 11) is 0. The van der Waals surface area contributed by atoms with Gasteiger partial charge in [0.2, 0.25) is 0 Å². The van der Waals surface area contributed by atoms with Crippen LogP contribution in [-0.4, -0.2) is 6.54 Å². The highest BCUT2D eigenvalue weighted by molar-refractivity contribution is 9.11. The Labute approximate surface area is 130 Å². The lowest BCUT2D eigenvalue weighted by molar-refractivity contribution is 0.498. The molecule has 1 heterocycles. The molecule has 0 saturated heterocycles. The van der Waals surface area contributed by atoms with E-state index in [9.17, 15) is 0 Å². The molecule has 1 N–H and O–H groups in total. The van der Waals surface area contributed by atoms with Crippen molar-refractivity contribution in [1.82, 2.24) is 5.32 Å². The van der Waals surface area contributed by atoms with Gasteiger partial charge >= 0.3 is 0 Å². The third kappa shape index (κ3) is 3.85. The molecule has 0 aliphatic heterocycles. The summed E-state index contributed by atoms with van der Waals surface area (Å²) in [4.78, 5) is 0. The molecule has 0 radical (unpaired) electrons. The number of furan rings is 1. The second-order valence-electron chi connectivity index (χ2n) is 3.67. The molecule has 0 spiro atoms. The van der Waals surface area contributed by atoms with Gasteiger partial charge < -0.3 is 9.73 Å². The Morgan fingerprint density at radius 3 is 2.61 bits per heavy atom. The largest absolute Gasteiger partial charge is 0.460 e. The first kappa shape index (κ1) is 15.8. The maximum atomic E-state index is 5.78. The summed E-state index contributed by atoms with van der Waals surface area (Å²) in [5.74, 6) is 1.84. The molecule has 0 atom stereocenters. The van der Waals surface area contributed by atoms with Crippen LogP contribution in [0.15, 0.2) is 43.7 Å². The van der Waals surface area contributed by atoms with Gasteiger partial charge in [-0.2, -0.15) is 0 Å². The summed E-state index contributed by atoms with van der Waals surface area (Å²) in [6.45, 7) is 3.79. The second-order valence-corrected chi connectivity index (χ2v) is 5.44. The highest BCUT2D eigenvalue weighted by Gasteiger charge is 2.08. The van der Waals surface area contributed by atoms with Gasteiger partial charge in [0.15, 0.2) is 0 Å². The van der Waals surface area contributed by atoms with Crippen LogP contribution in [0.25, 0.3) is 11.3 Å². The minimum absolute atomic E-state index is 0. The first-order valence-corrected chi connectivity index (χ1v) is 7.04. The van der Waals surface area contributed by atoms with Gasteiger partial charge in [-0.05, 0) is 52.8 Å². The molecule has 2 rings (SSSR count). The summed E-state index contributed by atoms with van der Waals surface area (Å²) in [6.07, 6.45) is 0. The number of hydrogen-bond acceptors (Lipinski definition) is 2. The number of nitrogens with one attached hydrogen (secondary N) is 1. The lowest BCUT2D eigenvalue weighted by Gasteiger charge is -2.02. The maximum absolute atomic E-state index is 5.78. The Morgan fingerprint density at radius 2 is 1.94 bits per heavy atom. The molecular formula is C13H14Br2ClNO. The van der Waals surface area contributed by atoms with Crippen LogP contribution < -0.4 is 5.32 Å². The van der Waals surface area contributed by atoms with Crippen molar-refractivity contribution in [1.29, 1.82) is 0 Å². The Bertz CT molecular complexity index is 513. The second kappa shape index (κ2) is 7.34. The fraction of sp³-hybridized carbons (Fsp3) is 0.231. The van der Waals surface area contributed by atoms with Crippen molar-refractivity contribution >= 4 is 44.3 Å². The van der Waals surface area contributed by atoms with Crippen molar-refractivity contribution in [2.45, 2.75) is 13.5 Å². The van der Waals surface area contributed by atoms with Gasteiger partial charge in [0, 0.05) is 14.5 Å². The average molecular weight is 396 g/mol. The molecule has 0 amide bonds. The quantitative estimate of drug-likeness (QED) is 0.788. The molecule has 98 valence electrons. The fourth-order valence-corrected chi connectivity index (χ4v) is 2.80. The van der Waals surface area contributed by atoms with Gasteiger partial charge in [0.1, 0.15) is 11.5 Å². The molecule has 18 heavy (non-hydrogen) atoms. The predicted molar refractivity (Wildman–Crippen MR) is 84.2 cm³/mol. The molecule has 0 bridgehead atoms. The minimum Gasteiger partial charge on any atom is -0.460 e. The summed E-state index contributed by atoms with van der Waals surface area (Å²) >= 11 is 6.98. The third-order valence-electron chi connectivity index (χ3n) is 2.41. The topological polar surface area (TPSA) is 25.2 Å². The van der Waals surface area contributed by atoms with Gasteiger partial charge in [-0.3, -0.25) is 0 Å². The van der Waals surface area contributed by atoms with E-state index >= 15 is 0 Å². The first-order valence-electron chi connectivity index (χ1n) is 5.45. The summed E-state index contributed by atoms with van der Waals surface area (Å²) in [5, 5.41) is 3.24. The third-order valence-corrected chi connectivity index (χ3v) is 3.56. The number of benzene rings is 1. The summed E-state index contributed by atoms with van der Waals surface area (Å²) in [5.41, 5.74) is 1.07. The van der Waals surface area contributed by atoms with E-state index in [0.29, 0.717) is 0 Å². The Kier molecular flexibility index (Phi) is 6.43. The van der Waals surface area contributed by atoms with Crippen LogP contribution in [0, 0.1) is 0 Å². The predicted octanol–water partition coefficient (Wildman–Crippen LogP) is 5.00. The molecule has 0 aliphatic carbocycles. The van der Waals surface area contributed by atoms with Crippen molar-refractivity contribution in [3.63, 3.8) is 0 Å². The molecular weight excluding hydrogens is 381 g/mol. The Balaban J connectivity index is 0.00000162. The lowest BCUT2D eigenvalue weighted by atomic mass is 10.2. The minimum atomic E-state index is 0.